The fourth-order valence-electron chi connectivity index (χ4n) is 1.63. The van der Waals surface area contributed by atoms with E-state index in [-0.39, 0.29) is 15.0 Å². The largest absolute Gasteiger partial charge is 0.310 e. The maximum Gasteiger partial charge on any atom is 0.306 e. The first-order valence-electron chi connectivity index (χ1n) is 5.53. The van der Waals surface area contributed by atoms with Crippen LogP contribution in [0.1, 0.15) is 5.69 Å². The number of nitro groups is 1. The number of aryl methyl sites for hydroxylation is 2. The molecule has 0 unspecified atom stereocenters. The summed E-state index contributed by atoms with van der Waals surface area (Å²) in [6, 6.07) is 2.49. The molecule has 10 nitrogen and oxygen atoms in total. The lowest BCUT2D eigenvalue weighted by atomic mass is 10.5. The Bertz CT molecular complexity index is 793. The fourth-order valence-corrected chi connectivity index (χ4v) is 3.94. The number of hydrogen-bond donors (Lipinski definition) is 3. The van der Waals surface area contributed by atoms with Crippen molar-refractivity contribution in [3.8, 4) is 0 Å². The molecular weight excluding hydrogens is 320 g/mol. The van der Waals surface area contributed by atoms with Gasteiger partial charge in [-0.1, -0.05) is 11.3 Å². The van der Waals surface area contributed by atoms with E-state index in [1.165, 1.54) is 4.68 Å². The monoisotopic (exact) mass is 332 g/mol. The Morgan fingerprint density at radius 2 is 2.14 bits per heavy atom. The number of hydrogen-bond acceptors (Lipinski definition) is 8. The van der Waals surface area contributed by atoms with Crippen LogP contribution in [0.25, 0.3) is 0 Å². The second-order valence-corrected chi connectivity index (χ2v) is 7.04. The van der Waals surface area contributed by atoms with Crippen LogP contribution in [0.4, 0.5) is 16.5 Å². The first-order valence-corrected chi connectivity index (χ1v) is 7.83. The van der Waals surface area contributed by atoms with Gasteiger partial charge in [0.05, 0.1) is 10.6 Å². The van der Waals surface area contributed by atoms with E-state index in [2.05, 4.69) is 15.2 Å². The van der Waals surface area contributed by atoms with Crippen molar-refractivity contribution < 1.29 is 13.3 Å². The van der Waals surface area contributed by atoms with Crippen LogP contribution in [-0.2, 0) is 17.1 Å². The number of rotatable bonds is 5. The molecule has 0 saturated heterocycles. The number of nitrogens with zero attached hydrogens (tertiary/aromatic N) is 3. The Morgan fingerprint density at radius 3 is 2.57 bits per heavy atom. The first kappa shape index (κ1) is 15.2. The number of aromatic nitrogens is 2. The summed E-state index contributed by atoms with van der Waals surface area (Å²) in [5.74, 6) is 5.41. The molecular formula is C9H12N6O4S2. The van der Waals surface area contributed by atoms with Gasteiger partial charge in [-0.2, -0.15) is 5.10 Å². The molecule has 0 amide bonds. The number of thiophene rings is 1. The Balaban J connectivity index is 2.40. The van der Waals surface area contributed by atoms with Gasteiger partial charge in [0, 0.05) is 19.2 Å². The molecule has 114 valence electrons. The molecule has 0 aliphatic rings. The number of nitrogens with two attached hydrogens (primary N) is 1. The van der Waals surface area contributed by atoms with Crippen molar-refractivity contribution >= 4 is 37.9 Å². The maximum atomic E-state index is 12.2. The van der Waals surface area contributed by atoms with Crippen molar-refractivity contribution in [1.82, 2.24) is 9.78 Å². The van der Waals surface area contributed by atoms with E-state index in [9.17, 15) is 18.5 Å². The average Bonchev–Trinajstić information content (AvgIpc) is 2.93. The Kier molecular flexibility index (Phi) is 3.85. The molecule has 0 bridgehead atoms. The van der Waals surface area contributed by atoms with Crippen molar-refractivity contribution in [3.63, 3.8) is 0 Å². The van der Waals surface area contributed by atoms with E-state index >= 15 is 0 Å². The summed E-state index contributed by atoms with van der Waals surface area (Å²) in [6.45, 7) is 1.71. The smallest absolute Gasteiger partial charge is 0.306 e. The summed E-state index contributed by atoms with van der Waals surface area (Å²) in [4.78, 5) is 10.1. The Morgan fingerprint density at radius 1 is 1.48 bits per heavy atom. The summed E-state index contributed by atoms with van der Waals surface area (Å²) in [5, 5.41) is 14.8. The van der Waals surface area contributed by atoms with E-state index < -0.39 is 20.6 Å². The van der Waals surface area contributed by atoms with Crippen molar-refractivity contribution in [1.29, 1.82) is 0 Å². The number of nitrogens with one attached hydrogen (secondary N) is 2. The summed E-state index contributed by atoms with van der Waals surface area (Å²) in [5.41, 5.74) is 2.35. The van der Waals surface area contributed by atoms with Gasteiger partial charge in [0.2, 0.25) is 0 Å². The zero-order valence-electron chi connectivity index (χ0n) is 11.0. The highest BCUT2D eigenvalue weighted by atomic mass is 32.2. The number of hydrazine groups is 1. The van der Waals surface area contributed by atoms with Crippen LogP contribution < -0.4 is 16.0 Å². The predicted octanol–water partition coefficient (Wildman–Crippen LogP) is 0.785. The van der Waals surface area contributed by atoms with E-state index in [1.54, 1.807) is 20.0 Å². The Labute approximate surface area is 123 Å². The lowest BCUT2D eigenvalue weighted by Crippen LogP contribution is -2.14. The van der Waals surface area contributed by atoms with Gasteiger partial charge in [-0.25, -0.2) is 14.3 Å². The van der Waals surface area contributed by atoms with Crippen LogP contribution >= 0.6 is 11.3 Å². The van der Waals surface area contributed by atoms with Gasteiger partial charge in [-0.15, -0.1) is 0 Å². The lowest BCUT2D eigenvalue weighted by molar-refractivity contribution is -0.383. The van der Waals surface area contributed by atoms with Crippen LogP contribution in [0.15, 0.2) is 16.3 Å². The molecule has 0 fully saturated rings. The van der Waals surface area contributed by atoms with E-state index in [0.29, 0.717) is 17.0 Å². The molecule has 2 heterocycles. The van der Waals surface area contributed by atoms with Crippen molar-refractivity contribution in [2.75, 3.05) is 10.1 Å². The van der Waals surface area contributed by atoms with Crippen LogP contribution in [-0.4, -0.2) is 23.1 Å². The highest BCUT2D eigenvalue weighted by Crippen LogP contribution is 2.36. The standard InChI is InChI=1S/C9H12N6O4S2/c1-5-3-7(14(2)12-5)13-21(18,19)8-4-6(15(16)17)9(11-10)20-8/h3-4,11,13H,10H2,1-2H3. The minimum absolute atomic E-state index is 0.0402. The highest BCUT2D eigenvalue weighted by Gasteiger charge is 2.26. The zero-order valence-corrected chi connectivity index (χ0v) is 12.7. The molecule has 12 heteroatoms. The molecule has 0 saturated carbocycles. The van der Waals surface area contributed by atoms with Gasteiger partial charge in [0.1, 0.15) is 10.0 Å². The molecule has 0 aromatic carbocycles. The molecule has 0 radical (unpaired) electrons. The third-order valence-corrected chi connectivity index (χ3v) is 5.41. The molecule has 2 aromatic rings. The van der Waals surface area contributed by atoms with Crippen LogP contribution in [0.3, 0.4) is 0 Å². The van der Waals surface area contributed by atoms with Gasteiger partial charge >= 0.3 is 5.69 Å². The topological polar surface area (TPSA) is 145 Å². The zero-order chi connectivity index (χ0) is 15.8. The normalized spacial score (nSPS) is 11.4. The second kappa shape index (κ2) is 5.31. The summed E-state index contributed by atoms with van der Waals surface area (Å²) >= 11 is 0.669. The molecule has 4 N–H and O–H groups in total. The van der Waals surface area contributed by atoms with E-state index in [4.69, 9.17) is 5.84 Å². The van der Waals surface area contributed by atoms with Gasteiger partial charge in [-0.3, -0.25) is 19.5 Å². The maximum absolute atomic E-state index is 12.2. The van der Waals surface area contributed by atoms with Crippen LogP contribution in [0, 0.1) is 17.0 Å². The third kappa shape index (κ3) is 2.96. The minimum Gasteiger partial charge on any atom is -0.310 e. The number of nitrogen functional groups attached to an aromatic ring is 1. The molecule has 0 aliphatic carbocycles. The van der Waals surface area contributed by atoms with E-state index in [1.807, 2.05) is 0 Å². The number of anilines is 2. The minimum atomic E-state index is -3.96. The second-order valence-electron chi connectivity index (χ2n) is 4.08. The van der Waals surface area contributed by atoms with Crippen LogP contribution in [0.5, 0.6) is 0 Å². The van der Waals surface area contributed by atoms with Gasteiger partial charge in [-0.05, 0) is 6.92 Å². The highest BCUT2D eigenvalue weighted by molar-refractivity contribution is 7.94. The van der Waals surface area contributed by atoms with Crippen LogP contribution in [0.2, 0.25) is 0 Å². The van der Waals surface area contributed by atoms with Gasteiger partial charge in [0.15, 0.2) is 5.00 Å². The molecule has 2 aromatic heterocycles. The summed E-state index contributed by atoms with van der Waals surface area (Å²) < 4.78 is 27.9. The first-order chi connectivity index (χ1) is 9.74. The summed E-state index contributed by atoms with van der Waals surface area (Å²) in [7, 11) is -2.38. The number of sulfonamides is 1. The summed E-state index contributed by atoms with van der Waals surface area (Å²) in [6.07, 6.45) is 0. The van der Waals surface area contributed by atoms with Gasteiger partial charge in [0.25, 0.3) is 10.0 Å². The molecule has 0 aliphatic heterocycles. The molecule has 0 spiro atoms. The predicted molar refractivity (Wildman–Crippen MR) is 77.5 cm³/mol. The van der Waals surface area contributed by atoms with E-state index in [0.717, 1.165) is 6.07 Å². The molecule has 0 atom stereocenters. The van der Waals surface area contributed by atoms with Crippen molar-refractivity contribution in [2.24, 2.45) is 12.9 Å². The third-order valence-electron chi connectivity index (χ3n) is 2.52. The lowest BCUT2D eigenvalue weighted by Gasteiger charge is -2.05. The Hall–Kier alpha value is -2.18. The fraction of sp³-hybridized carbons (Fsp3) is 0.222. The molecule has 2 rings (SSSR count). The van der Waals surface area contributed by atoms with Gasteiger partial charge < -0.3 is 5.43 Å². The average molecular weight is 332 g/mol. The molecule has 21 heavy (non-hydrogen) atoms. The van der Waals surface area contributed by atoms with Crippen molar-refractivity contribution in [3.05, 3.63) is 27.9 Å². The SMILES string of the molecule is Cc1cc(NS(=O)(=O)c2cc([N+](=O)[O-])c(NN)s2)n(C)n1. The quantitative estimate of drug-likeness (QED) is 0.417. The van der Waals surface area contributed by atoms with Crippen molar-refractivity contribution in [2.45, 2.75) is 11.1 Å².